The van der Waals surface area contributed by atoms with E-state index in [1.54, 1.807) is 11.3 Å². The summed E-state index contributed by atoms with van der Waals surface area (Å²) in [5, 5.41) is 6.31. The topological polar surface area (TPSA) is 55.9 Å². The number of carbonyl (C=O) groups is 2. The van der Waals surface area contributed by atoms with Gasteiger partial charge in [-0.05, 0) is 104 Å². The number of carbonyl (C=O) groups excluding carboxylic acids is 2. The van der Waals surface area contributed by atoms with Crippen molar-refractivity contribution in [2.45, 2.75) is 39.5 Å². The molecule has 3 aromatic carbocycles. The lowest BCUT2D eigenvalue weighted by Gasteiger charge is -2.26. The van der Waals surface area contributed by atoms with Gasteiger partial charge in [0.1, 0.15) is 5.00 Å². The zero-order valence-corrected chi connectivity index (χ0v) is 26.0. The van der Waals surface area contributed by atoms with E-state index in [2.05, 4.69) is 64.7 Å². The van der Waals surface area contributed by atoms with Gasteiger partial charge in [0.05, 0.1) is 12.1 Å². The molecule has 2 aliphatic rings. The van der Waals surface area contributed by atoms with E-state index in [0.29, 0.717) is 17.8 Å². The van der Waals surface area contributed by atoms with Gasteiger partial charge in [0.25, 0.3) is 5.91 Å². The molecule has 1 fully saturated rings. The van der Waals surface area contributed by atoms with Crippen molar-refractivity contribution in [2.75, 3.05) is 54.4 Å². The first-order valence-electron chi connectivity index (χ1n) is 15.4. The van der Waals surface area contributed by atoms with Crippen molar-refractivity contribution in [1.29, 1.82) is 0 Å². The van der Waals surface area contributed by atoms with Crippen LogP contribution in [0.5, 0.6) is 0 Å². The third-order valence-corrected chi connectivity index (χ3v) is 9.56. The minimum Gasteiger partial charge on any atom is -0.360 e. The second-order valence-corrected chi connectivity index (χ2v) is 12.6. The van der Waals surface area contributed by atoms with E-state index in [9.17, 15) is 9.59 Å². The highest BCUT2D eigenvalue weighted by atomic mass is 32.1. The summed E-state index contributed by atoms with van der Waals surface area (Å²) in [5.41, 5.74) is 7.95. The lowest BCUT2D eigenvalue weighted by molar-refractivity contribution is -0.115. The van der Waals surface area contributed by atoms with E-state index in [4.69, 9.17) is 0 Å². The van der Waals surface area contributed by atoms with Crippen LogP contribution in [0, 0.1) is 13.8 Å². The molecule has 1 N–H and O–H groups in total. The van der Waals surface area contributed by atoms with Crippen LogP contribution in [0.2, 0.25) is 0 Å². The molecule has 0 unspecified atom stereocenters. The number of rotatable bonds is 8. The predicted molar refractivity (Wildman–Crippen MR) is 179 cm³/mol. The molecule has 7 heteroatoms. The molecule has 0 aliphatic carbocycles. The summed E-state index contributed by atoms with van der Waals surface area (Å²) in [7, 11) is 0. The number of thiophene rings is 1. The van der Waals surface area contributed by atoms with E-state index in [0.717, 1.165) is 48.4 Å². The maximum absolute atomic E-state index is 13.7. The smallest absolute Gasteiger partial charge is 0.258 e. The molecule has 222 valence electrons. The first kappa shape index (κ1) is 29.1. The number of amides is 2. The van der Waals surface area contributed by atoms with Crippen molar-refractivity contribution in [1.82, 2.24) is 4.90 Å². The quantitative estimate of drug-likeness (QED) is 0.236. The SMILES string of the molecule is Cc1ccc(-c2ccccc2CC(=O)Nc2ccc(C(=O)N3CCCN(CCN4CCCC4)c4sccc43)cc2)c(C)c1. The normalized spacial score (nSPS) is 15.3. The number of hydrogen-bond acceptors (Lipinski definition) is 5. The van der Waals surface area contributed by atoms with Crippen LogP contribution in [0.15, 0.2) is 78.2 Å². The Balaban J connectivity index is 1.11. The molecule has 0 saturated carbocycles. The van der Waals surface area contributed by atoms with Gasteiger partial charge in [0, 0.05) is 37.4 Å². The summed E-state index contributed by atoms with van der Waals surface area (Å²) in [6.07, 6.45) is 3.81. The zero-order chi connectivity index (χ0) is 29.8. The molecule has 0 radical (unpaired) electrons. The molecule has 3 heterocycles. The van der Waals surface area contributed by atoms with Crippen LogP contribution >= 0.6 is 11.3 Å². The van der Waals surface area contributed by atoms with Gasteiger partial charge in [0.15, 0.2) is 0 Å². The van der Waals surface area contributed by atoms with Crippen LogP contribution in [0.3, 0.4) is 0 Å². The Kier molecular flexibility index (Phi) is 8.91. The number of fused-ring (bicyclic) bond motifs is 1. The van der Waals surface area contributed by atoms with Crippen molar-refractivity contribution in [3.05, 3.63) is 100 Å². The van der Waals surface area contributed by atoms with Crippen LogP contribution in [-0.4, -0.2) is 56.0 Å². The second-order valence-electron chi connectivity index (χ2n) is 11.7. The molecule has 4 aromatic rings. The third-order valence-electron chi connectivity index (χ3n) is 8.60. The van der Waals surface area contributed by atoms with E-state index >= 15 is 0 Å². The standard InChI is InChI=1S/C36H40N4O2S/c1-26-10-15-31(27(2)24-26)32-9-4-3-8-29(32)25-34(41)37-30-13-11-28(12-14-30)35(42)40-20-7-19-39(36-33(40)16-23-43-36)22-21-38-17-5-6-18-38/h3-4,8-16,23-24H,5-7,17-22,25H2,1-2H3,(H,37,41). The number of nitrogens with zero attached hydrogens (tertiary/aromatic N) is 3. The summed E-state index contributed by atoms with van der Waals surface area (Å²) < 4.78 is 0. The number of anilines is 3. The fourth-order valence-electron chi connectivity index (χ4n) is 6.35. The summed E-state index contributed by atoms with van der Waals surface area (Å²) >= 11 is 1.72. The maximum atomic E-state index is 13.7. The Bertz CT molecular complexity index is 1590. The molecular weight excluding hydrogens is 552 g/mol. The molecule has 0 spiro atoms. The van der Waals surface area contributed by atoms with E-state index in [-0.39, 0.29) is 18.2 Å². The monoisotopic (exact) mass is 592 g/mol. The Hall–Kier alpha value is -3.94. The molecule has 2 aliphatic heterocycles. The summed E-state index contributed by atoms with van der Waals surface area (Å²) in [6.45, 7) is 10.3. The van der Waals surface area contributed by atoms with E-state index in [1.165, 1.54) is 42.1 Å². The van der Waals surface area contributed by atoms with Crippen molar-refractivity contribution >= 4 is 39.5 Å². The molecule has 6 rings (SSSR count). The Labute approximate surface area is 258 Å². The van der Waals surface area contributed by atoms with Gasteiger partial charge in [-0.1, -0.05) is 48.0 Å². The molecule has 1 aromatic heterocycles. The van der Waals surface area contributed by atoms with Crippen LogP contribution in [0.4, 0.5) is 16.4 Å². The van der Waals surface area contributed by atoms with E-state index < -0.39 is 0 Å². The molecule has 1 saturated heterocycles. The van der Waals surface area contributed by atoms with Gasteiger partial charge >= 0.3 is 0 Å². The second kappa shape index (κ2) is 13.1. The molecule has 0 bridgehead atoms. The average Bonchev–Trinajstić information content (AvgIpc) is 3.68. The Morgan fingerprint density at radius 3 is 2.40 bits per heavy atom. The minimum atomic E-state index is -0.0826. The number of nitrogens with one attached hydrogen (secondary N) is 1. The van der Waals surface area contributed by atoms with Crippen molar-refractivity contribution in [3.63, 3.8) is 0 Å². The highest BCUT2D eigenvalue weighted by Gasteiger charge is 2.27. The van der Waals surface area contributed by atoms with Crippen LogP contribution in [-0.2, 0) is 11.2 Å². The number of aryl methyl sites for hydroxylation is 2. The lowest BCUT2D eigenvalue weighted by Crippen LogP contribution is -2.33. The van der Waals surface area contributed by atoms with Gasteiger partial charge in [-0.2, -0.15) is 0 Å². The van der Waals surface area contributed by atoms with Crippen molar-refractivity contribution < 1.29 is 9.59 Å². The lowest BCUT2D eigenvalue weighted by atomic mass is 9.93. The molecule has 6 nitrogen and oxygen atoms in total. The maximum Gasteiger partial charge on any atom is 0.258 e. The fraction of sp³-hybridized carbons (Fsp3) is 0.333. The van der Waals surface area contributed by atoms with Crippen molar-refractivity contribution in [3.8, 4) is 11.1 Å². The summed E-state index contributed by atoms with van der Waals surface area (Å²) in [6, 6.07) is 23.9. The predicted octanol–water partition coefficient (Wildman–Crippen LogP) is 7.17. The van der Waals surface area contributed by atoms with E-state index in [1.807, 2.05) is 47.4 Å². The largest absolute Gasteiger partial charge is 0.360 e. The zero-order valence-electron chi connectivity index (χ0n) is 25.1. The van der Waals surface area contributed by atoms with Crippen LogP contribution < -0.4 is 15.1 Å². The highest BCUT2D eigenvalue weighted by molar-refractivity contribution is 7.15. The molecule has 0 atom stereocenters. The van der Waals surface area contributed by atoms with Crippen molar-refractivity contribution in [2.24, 2.45) is 0 Å². The van der Waals surface area contributed by atoms with Gasteiger partial charge in [-0.15, -0.1) is 11.3 Å². The summed E-state index contributed by atoms with van der Waals surface area (Å²) in [4.78, 5) is 33.7. The first-order valence-corrected chi connectivity index (χ1v) is 16.3. The minimum absolute atomic E-state index is 0.00122. The highest BCUT2D eigenvalue weighted by Crippen LogP contribution is 2.38. The fourth-order valence-corrected chi connectivity index (χ4v) is 7.31. The Morgan fingerprint density at radius 2 is 1.60 bits per heavy atom. The number of benzene rings is 3. The molecular formula is C36H40N4O2S. The third kappa shape index (κ3) is 6.68. The van der Waals surface area contributed by atoms with Crippen LogP contribution in [0.25, 0.3) is 11.1 Å². The van der Waals surface area contributed by atoms with Crippen LogP contribution in [0.1, 0.15) is 46.3 Å². The van der Waals surface area contributed by atoms with Gasteiger partial charge in [0.2, 0.25) is 5.91 Å². The van der Waals surface area contributed by atoms with Gasteiger partial charge in [-0.3, -0.25) is 9.59 Å². The summed E-state index contributed by atoms with van der Waals surface area (Å²) in [5.74, 6) is -0.0814. The molecule has 43 heavy (non-hydrogen) atoms. The number of likely N-dealkylation sites (tertiary alicyclic amines) is 1. The average molecular weight is 593 g/mol. The van der Waals surface area contributed by atoms with Gasteiger partial charge in [-0.25, -0.2) is 0 Å². The number of hydrogen-bond donors (Lipinski definition) is 1. The Morgan fingerprint density at radius 1 is 0.814 bits per heavy atom. The van der Waals surface area contributed by atoms with Gasteiger partial charge < -0.3 is 20.0 Å². The first-order chi connectivity index (χ1) is 21.0. The molecule has 2 amide bonds.